The lowest BCUT2D eigenvalue weighted by Crippen LogP contribution is -2.41. The Morgan fingerprint density at radius 2 is 0.451 bits per heavy atom. The van der Waals surface area contributed by atoms with Crippen LogP contribution >= 0.6 is 0 Å². The first kappa shape index (κ1) is 56.6. The van der Waals surface area contributed by atoms with Crippen LogP contribution in [-0.4, -0.2) is 166 Å². The van der Waals surface area contributed by atoms with Crippen molar-refractivity contribution >= 4 is 0 Å². The molecule has 412 valence electrons. The van der Waals surface area contributed by atoms with Crippen molar-refractivity contribution in [1.29, 1.82) is 0 Å². The zero-order valence-electron chi connectivity index (χ0n) is 43.9. The highest BCUT2D eigenvalue weighted by atomic mass is 16.5. The summed E-state index contributed by atoms with van der Waals surface area (Å²) < 4.78 is 39.7. The van der Waals surface area contributed by atoms with Crippen molar-refractivity contribution in [3.63, 3.8) is 0 Å². The number of hydrogen-bond acceptors (Lipinski definition) is 14. The van der Waals surface area contributed by atoms with Crippen molar-refractivity contribution in [3.05, 3.63) is 0 Å². The van der Waals surface area contributed by atoms with Gasteiger partial charge in [-0.25, -0.2) is 0 Å². The molecule has 0 aliphatic heterocycles. The molecule has 71 heavy (non-hydrogen) atoms. The number of rotatable bonds is 20. The Balaban J connectivity index is 0.761. The van der Waals surface area contributed by atoms with E-state index >= 15 is 0 Å². The minimum atomic E-state index is -0.475. The Bertz CT molecular complexity index is 1300. The van der Waals surface area contributed by atoms with Crippen LogP contribution in [0.4, 0.5) is 0 Å². The number of ether oxygens (including phenoxy) is 6. The van der Waals surface area contributed by atoms with Crippen LogP contribution in [0.5, 0.6) is 0 Å². The van der Waals surface area contributed by atoms with Crippen molar-refractivity contribution in [2.24, 2.45) is 52.8 Å². The Labute approximate surface area is 426 Å². The maximum absolute atomic E-state index is 10.3. The lowest BCUT2D eigenvalue weighted by atomic mass is 9.60. The molecule has 0 heterocycles. The van der Waals surface area contributed by atoms with Gasteiger partial charge in [0.2, 0.25) is 0 Å². The van der Waals surface area contributed by atoms with Gasteiger partial charge in [-0.1, -0.05) is 13.8 Å². The van der Waals surface area contributed by atoms with E-state index in [1.807, 2.05) is 0 Å². The number of hydrogen-bond donors (Lipinski definition) is 8. The van der Waals surface area contributed by atoms with Gasteiger partial charge < -0.3 is 69.3 Å². The molecule has 8 aliphatic carbocycles. The van der Waals surface area contributed by atoms with Gasteiger partial charge in [0.25, 0.3) is 0 Å². The lowest BCUT2D eigenvalue weighted by molar-refractivity contribution is -0.109. The number of aliphatic hydroxyl groups excluding tert-OH is 8. The molecule has 8 N–H and O–H groups in total. The fourth-order valence-electron chi connectivity index (χ4n) is 15.4. The maximum Gasteiger partial charge on any atom is 0.0603 e. The van der Waals surface area contributed by atoms with Crippen LogP contribution in [-0.2, 0) is 28.4 Å². The van der Waals surface area contributed by atoms with Gasteiger partial charge in [0.1, 0.15) is 0 Å². The zero-order chi connectivity index (χ0) is 50.1. The van der Waals surface area contributed by atoms with E-state index in [1.165, 1.54) is 25.7 Å². The van der Waals surface area contributed by atoms with Crippen molar-refractivity contribution in [1.82, 2.24) is 0 Å². The van der Waals surface area contributed by atoms with Gasteiger partial charge in [-0.2, -0.15) is 0 Å². The van der Waals surface area contributed by atoms with E-state index in [0.717, 1.165) is 64.2 Å². The van der Waals surface area contributed by atoms with E-state index in [9.17, 15) is 40.9 Å². The molecule has 0 aromatic heterocycles. The fourth-order valence-corrected chi connectivity index (χ4v) is 15.4. The average Bonchev–Trinajstić information content (AvgIpc) is 3.32. The molecule has 0 saturated heterocycles. The molecule has 8 aliphatic rings. The number of aliphatic hydroxyl groups is 8. The summed E-state index contributed by atoms with van der Waals surface area (Å²) in [5, 5.41) is 82.2. The molecular weight excluding hydrogens is 909 g/mol. The van der Waals surface area contributed by atoms with Crippen molar-refractivity contribution in [2.75, 3.05) is 39.6 Å². The van der Waals surface area contributed by atoms with Gasteiger partial charge in [-0.05, 0) is 220 Å². The van der Waals surface area contributed by atoms with Crippen LogP contribution in [0.2, 0.25) is 0 Å². The van der Waals surface area contributed by atoms with Gasteiger partial charge in [-0.3, -0.25) is 0 Å². The summed E-state index contributed by atoms with van der Waals surface area (Å²) in [6.45, 7) is 8.56. The SMILES string of the molecule is CC(C)(C1CCC(OCC2CC(OCC3CC(O)CC(O)C3)CC(OCC3CC(O)CC(O)C3)C2)CC1)C1CCC(OCC2CC(OCC3CC(O)CC(O)C3)CC(OCC3CC(O)CC(O)C3)C2)CC1. The highest BCUT2D eigenvalue weighted by Crippen LogP contribution is 2.49. The molecule has 8 fully saturated rings. The third kappa shape index (κ3) is 17.7. The standard InChI is InChI=1S/C57H100O14/c1-57(2,41-3-7-51(8-4-41)66-33-39-19-53(68-29-35-11-43(58)23-44(59)12-35)27-54(20-39)69-30-36-13-45(60)24-46(61)14-36)42-5-9-52(10-6-42)67-34-40-21-55(70-31-37-15-47(62)25-48(63)16-37)28-56(22-40)71-32-38-17-49(64)26-50(65)18-38/h35-56,58-65H,3-34H2,1-2H3. The topological polar surface area (TPSA) is 217 Å². The monoisotopic (exact) mass is 1010 g/mol. The summed E-state index contributed by atoms with van der Waals surface area (Å²) in [7, 11) is 0. The Kier molecular flexibility index (Phi) is 21.7. The van der Waals surface area contributed by atoms with E-state index in [2.05, 4.69) is 13.8 Å². The van der Waals surface area contributed by atoms with E-state index in [4.69, 9.17) is 28.4 Å². The summed E-state index contributed by atoms with van der Waals surface area (Å²) >= 11 is 0. The molecule has 0 aromatic carbocycles. The van der Waals surface area contributed by atoms with Crippen molar-refractivity contribution < 1.29 is 69.3 Å². The van der Waals surface area contributed by atoms with E-state index in [-0.39, 0.29) is 65.7 Å². The molecule has 12 atom stereocenters. The van der Waals surface area contributed by atoms with Crippen molar-refractivity contribution in [2.45, 2.75) is 266 Å². The molecule has 0 spiro atoms. The summed E-state index contributed by atoms with van der Waals surface area (Å²) in [5.41, 5.74) is 0.247. The summed E-state index contributed by atoms with van der Waals surface area (Å²) in [5.74, 6) is 2.55. The zero-order valence-corrected chi connectivity index (χ0v) is 43.9. The summed E-state index contributed by atoms with van der Waals surface area (Å²) in [6, 6.07) is 0. The van der Waals surface area contributed by atoms with Gasteiger partial charge in [0, 0.05) is 39.6 Å². The van der Waals surface area contributed by atoms with Crippen molar-refractivity contribution in [3.8, 4) is 0 Å². The minimum Gasteiger partial charge on any atom is -0.393 e. The van der Waals surface area contributed by atoms with Crippen LogP contribution in [0.3, 0.4) is 0 Å². The molecule has 0 aromatic rings. The average molecular weight is 1010 g/mol. The van der Waals surface area contributed by atoms with E-state index < -0.39 is 48.8 Å². The molecule has 8 saturated carbocycles. The lowest BCUT2D eigenvalue weighted by Gasteiger charge is -2.47. The smallest absolute Gasteiger partial charge is 0.0603 e. The normalized spacial score (nSPS) is 45.4. The third-order valence-electron chi connectivity index (χ3n) is 19.3. The van der Waals surface area contributed by atoms with Gasteiger partial charge in [0.05, 0.1) is 85.5 Å². The Hall–Kier alpha value is -0.560. The Morgan fingerprint density at radius 1 is 0.254 bits per heavy atom. The largest absolute Gasteiger partial charge is 0.393 e. The first-order valence-electron chi connectivity index (χ1n) is 29.2. The van der Waals surface area contributed by atoms with Crippen LogP contribution in [0.25, 0.3) is 0 Å². The highest BCUT2D eigenvalue weighted by molar-refractivity contribution is 4.92. The molecular formula is C57H100O14. The molecule has 0 bridgehead atoms. The summed E-state index contributed by atoms with van der Waals surface area (Å²) in [6.07, 6.45) is 18.3. The molecule has 14 nitrogen and oxygen atoms in total. The van der Waals surface area contributed by atoms with Gasteiger partial charge >= 0.3 is 0 Å². The highest BCUT2D eigenvalue weighted by Gasteiger charge is 2.42. The van der Waals surface area contributed by atoms with Gasteiger partial charge in [0.15, 0.2) is 0 Å². The van der Waals surface area contributed by atoms with Crippen LogP contribution in [0.1, 0.15) is 181 Å². The molecule has 12 unspecified atom stereocenters. The van der Waals surface area contributed by atoms with E-state index in [0.29, 0.717) is 140 Å². The van der Waals surface area contributed by atoms with E-state index in [1.54, 1.807) is 0 Å². The third-order valence-corrected chi connectivity index (χ3v) is 19.3. The van der Waals surface area contributed by atoms with Crippen LogP contribution in [0.15, 0.2) is 0 Å². The first-order chi connectivity index (χ1) is 34.1. The predicted octanol–water partition coefficient (Wildman–Crippen LogP) is 6.39. The maximum atomic E-state index is 10.3. The first-order valence-corrected chi connectivity index (χ1v) is 29.2. The second kappa shape index (κ2) is 27.2. The fraction of sp³-hybridized carbons (Fsp3) is 1.00. The summed E-state index contributed by atoms with van der Waals surface area (Å²) in [4.78, 5) is 0. The molecule has 8 rings (SSSR count). The molecule has 0 radical (unpaired) electrons. The molecule has 0 amide bonds. The second-order valence-electron chi connectivity index (χ2n) is 25.9. The van der Waals surface area contributed by atoms with Gasteiger partial charge in [-0.15, -0.1) is 0 Å². The predicted molar refractivity (Wildman–Crippen MR) is 268 cm³/mol. The quantitative estimate of drug-likeness (QED) is 0.0664. The van der Waals surface area contributed by atoms with Crippen LogP contribution < -0.4 is 0 Å². The van der Waals surface area contributed by atoms with Crippen LogP contribution in [0, 0.1) is 52.8 Å². The Morgan fingerprint density at radius 3 is 0.676 bits per heavy atom. The minimum absolute atomic E-state index is 0.0275. The molecule has 14 heteroatoms. The second-order valence-corrected chi connectivity index (χ2v) is 25.9.